The fourth-order valence-electron chi connectivity index (χ4n) is 1.52. The molecule has 2 unspecified atom stereocenters. The first-order valence-corrected chi connectivity index (χ1v) is 6.14. The lowest BCUT2D eigenvalue weighted by Gasteiger charge is -2.29. The van der Waals surface area contributed by atoms with Crippen LogP contribution in [0.1, 0.15) is 20.8 Å². The number of carbonyl (C=O) groups excluding carboxylic acids is 1. The summed E-state index contributed by atoms with van der Waals surface area (Å²) in [6.45, 7) is 6.62. The Morgan fingerprint density at radius 2 is 2.12 bits per heavy atom. The predicted molar refractivity (Wildman–Crippen MR) is 62.6 cm³/mol. The summed E-state index contributed by atoms with van der Waals surface area (Å²) in [5, 5.41) is 0. The number of halogens is 2. The van der Waals surface area contributed by atoms with Gasteiger partial charge in [-0.05, 0) is 20.8 Å². The van der Waals surface area contributed by atoms with Crippen molar-refractivity contribution < 1.29 is 14.3 Å². The third-order valence-electron chi connectivity index (χ3n) is 2.34. The van der Waals surface area contributed by atoms with Gasteiger partial charge in [-0.2, -0.15) is 0 Å². The van der Waals surface area contributed by atoms with Gasteiger partial charge < -0.3 is 14.4 Å². The Morgan fingerprint density at radius 1 is 1.50 bits per heavy atom. The molecular formula is C10H17Cl2NO3. The van der Waals surface area contributed by atoms with E-state index in [-0.39, 0.29) is 24.3 Å². The van der Waals surface area contributed by atoms with Gasteiger partial charge in [0.05, 0.1) is 19.3 Å². The lowest BCUT2D eigenvalue weighted by atomic mass is 10.3. The Morgan fingerprint density at radius 3 is 2.50 bits per heavy atom. The summed E-state index contributed by atoms with van der Waals surface area (Å²) in [7, 11) is 0. The van der Waals surface area contributed by atoms with Crippen molar-refractivity contribution in [2.45, 2.75) is 44.0 Å². The highest BCUT2D eigenvalue weighted by molar-refractivity contribution is 6.53. The molecule has 1 aliphatic rings. The zero-order valence-corrected chi connectivity index (χ0v) is 11.2. The SMILES string of the molecule is CC1COC(CN(C(=O)C(Cl)Cl)C(C)C)O1. The third-order valence-corrected chi connectivity index (χ3v) is 2.71. The highest BCUT2D eigenvalue weighted by Gasteiger charge is 2.30. The number of amides is 1. The van der Waals surface area contributed by atoms with Crippen molar-refractivity contribution >= 4 is 29.1 Å². The Balaban J connectivity index is 2.55. The molecule has 0 spiro atoms. The van der Waals surface area contributed by atoms with E-state index in [2.05, 4.69) is 0 Å². The van der Waals surface area contributed by atoms with Crippen LogP contribution in [0, 0.1) is 0 Å². The molecule has 1 heterocycles. The summed E-state index contributed by atoms with van der Waals surface area (Å²) in [5.41, 5.74) is 0. The van der Waals surface area contributed by atoms with Crippen LogP contribution in [-0.2, 0) is 14.3 Å². The minimum absolute atomic E-state index is 0.00982. The molecule has 4 nitrogen and oxygen atoms in total. The molecule has 1 amide bonds. The number of nitrogens with zero attached hydrogens (tertiary/aromatic N) is 1. The number of hydrogen-bond donors (Lipinski definition) is 0. The third kappa shape index (κ3) is 3.77. The van der Waals surface area contributed by atoms with E-state index in [4.69, 9.17) is 32.7 Å². The predicted octanol–water partition coefficient (Wildman–Crippen LogP) is 1.79. The van der Waals surface area contributed by atoms with Crippen LogP contribution >= 0.6 is 23.2 Å². The molecule has 1 aliphatic heterocycles. The maximum atomic E-state index is 11.7. The van der Waals surface area contributed by atoms with Crippen molar-refractivity contribution in [3.05, 3.63) is 0 Å². The first-order valence-electron chi connectivity index (χ1n) is 5.27. The molecule has 94 valence electrons. The molecule has 0 saturated carbocycles. The summed E-state index contributed by atoms with van der Waals surface area (Å²) in [5.74, 6) is -0.315. The van der Waals surface area contributed by atoms with Gasteiger partial charge >= 0.3 is 0 Å². The fraction of sp³-hybridized carbons (Fsp3) is 0.900. The largest absolute Gasteiger partial charge is 0.348 e. The van der Waals surface area contributed by atoms with Crippen LogP contribution in [0.3, 0.4) is 0 Å². The van der Waals surface area contributed by atoms with Gasteiger partial charge in [0.15, 0.2) is 11.1 Å². The summed E-state index contributed by atoms with van der Waals surface area (Å²) in [6, 6.07) is 0.00982. The number of alkyl halides is 2. The molecule has 0 aromatic heterocycles. The molecule has 0 aliphatic carbocycles. The molecule has 16 heavy (non-hydrogen) atoms. The second-order valence-electron chi connectivity index (χ2n) is 4.09. The maximum Gasteiger partial charge on any atom is 0.256 e. The van der Waals surface area contributed by atoms with E-state index >= 15 is 0 Å². The molecule has 0 aromatic rings. The Labute approximate surface area is 106 Å². The average Bonchev–Trinajstić information content (AvgIpc) is 2.59. The first-order chi connectivity index (χ1) is 7.41. The van der Waals surface area contributed by atoms with Crippen molar-refractivity contribution in [1.82, 2.24) is 4.90 Å². The number of rotatable bonds is 4. The topological polar surface area (TPSA) is 38.8 Å². The molecule has 0 N–H and O–H groups in total. The second kappa shape index (κ2) is 6.05. The summed E-state index contributed by atoms with van der Waals surface area (Å²) in [6.07, 6.45) is -0.314. The molecule has 0 aromatic carbocycles. The number of carbonyl (C=O) groups is 1. The molecule has 6 heteroatoms. The molecule has 0 radical (unpaired) electrons. The van der Waals surface area contributed by atoms with Crippen molar-refractivity contribution in [2.24, 2.45) is 0 Å². The standard InChI is InChI=1S/C10H17Cl2NO3/c1-6(2)13(10(14)9(11)12)4-8-15-5-7(3)16-8/h6-9H,4-5H2,1-3H3. The van der Waals surface area contributed by atoms with E-state index in [0.717, 1.165) is 0 Å². The zero-order chi connectivity index (χ0) is 12.3. The molecular weight excluding hydrogens is 253 g/mol. The van der Waals surface area contributed by atoms with Crippen LogP contribution in [0.2, 0.25) is 0 Å². The highest BCUT2D eigenvalue weighted by Crippen LogP contribution is 2.16. The van der Waals surface area contributed by atoms with Crippen LogP contribution in [0.15, 0.2) is 0 Å². The average molecular weight is 270 g/mol. The van der Waals surface area contributed by atoms with Crippen molar-refractivity contribution in [2.75, 3.05) is 13.2 Å². The molecule has 1 fully saturated rings. The van der Waals surface area contributed by atoms with Gasteiger partial charge in [-0.1, -0.05) is 23.2 Å². The van der Waals surface area contributed by atoms with Gasteiger partial charge in [-0.3, -0.25) is 4.79 Å². The summed E-state index contributed by atoms with van der Waals surface area (Å²) >= 11 is 11.1. The van der Waals surface area contributed by atoms with Gasteiger partial charge in [-0.15, -0.1) is 0 Å². The van der Waals surface area contributed by atoms with Crippen LogP contribution < -0.4 is 0 Å². The molecule has 0 bridgehead atoms. The normalized spacial score (nSPS) is 25.4. The summed E-state index contributed by atoms with van der Waals surface area (Å²) in [4.78, 5) is 12.2. The van der Waals surface area contributed by atoms with E-state index in [1.807, 2.05) is 20.8 Å². The maximum absolute atomic E-state index is 11.7. The smallest absolute Gasteiger partial charge is 0.256 e. The van der Waals surface area contributed by atoms with Crippen LogP contribution in [0.4, 0.5) is 0 Å². The molecule has 1 rings (SSSR count). The van der Waals surface area contributed by atoms with E-state index in [0.29, 0.717) is 13.2 Å². The van der Waals surface area contributed by atoms with Gasteiger partial charge in [0, 0.05) is 6.04 Å². The van der Waals surface area contributed by atoms with Crippen molar-refractivity contribution in [1.29, 1.82) is 0 Å². The van der Waals surface area contributed by atoms with Gasteiger partial charge in [0.2, 0.25) is 0 Å². The first kappa shape index (κ1) is 14.0. The monoisotopic (exact) mass is 269 g/mol. The molecule has 2 atom stereocenters. The Bertz CT molecular complexity index is 248. The van der Waals surface area contributed by atoms with E-state index in [1.54, 1.807) is 4.90 Å². The fourth-order valence-corrected chi connectivity index (χ4v) is 1.77. The lowest BCUT2D eigenvalue weighted by molar-refractivity contribution is -0.139. The number of hydrogen-bond acceptors (Lipinski definition) is 3. The van der Waals surface area contributed by atoms with Crippen LogP contribution in [0.25, 0.3) is 0 Å². The quantitative estimate of drug-likeness (QED) is 0.731. The van der Waals surface area contributed by atoms with Gasteiger partial charge in [0.1, 0.15) is 0 Å². The van der Waals surface area contributed by atoms with Gasteiger partial charge in [-0.25, -0.2) is 0 Å². The molecule has 1 saturated heterocycles. The highest BCUT2D eigenvalue weighted by atomic mass is 35.5. The van der Waals surface area contributed by atoms with E-state index in [1.165, 1.54) is 0 Å². The summed E-state index contributed by atoms with van der Waals surface area (Å²) < 4.78 is 10.8. The zero-order valence-electron chi connectivity index (χ0n) is 9.65. The minimum atomic E-state index is -1.04. The number of ether oxygens (including phenoxy) is 2. The van der Waals surface area contributed by atoms with Crippen molar-refractivity contribution in [3.63, 3.8) is 0 Å². The van der Waals surface area contributed by atoms with E-state index < -0.39 is 4.84 Å². The Kier molecular flexibility index (Phi) is 5.31. The van der Waals surface area contributed by atoms with Crippen LogP contribution in [-0.4, -0.2) is 47.2 Å². The lowest BCUT2D eigenvalue weighted by Crippen LogP contribution is -2.44. The van der Waals surface area contributed by atoms with Crippen LogP contribution in [0.5, 0.6) is 0 Å². The second-order valence-corrected chi connectivity index (χ2v) is 5.19. The Hall–Kier alpha value is -0.0300. The van der Waals surface area contributed by atoms with Gasteiger partial charge in [0.25, 0.3) is 5.91 Å². The van der Waals surface area contributed by atoms with Crippen molar-refractivity contribution in [3.8, 4) is 0 Å². The van der Waals surface area contributed by atoms with E-state index in [9.17, 15) is 4.79 Å². The minimum Gasteiger partial charge on any atom is -0.348 e.